The van der Waals surface area contributed by atoms with E-state index in [0.717, 1.165) is 11.7 Å². The van der Waals surface area contributed by atoms with Gasteiger partial charge in [-0.1, -0.05) is 6.07 Å². The summed E-state index contributed by atoms with van der Waals surface area (Å²) in [5.41, 5.74) is 0.871. The van der Waals surface area contributed by atoms with Crippen LogP contribution in [0.15, 0.2) is 23.1 Å². The van der Waals surface area contributed by atoms with Gasteiger partial charge >= 0.3 is 5.97 Å². The van der Waals surface area contributed by atoms with Gasteiger partial charge in [-0.25, -0.2) is 8.42 Å². The Hall–Kier alpha value is -2.11. The molecule has 1 saturated heterocycles. The minimum atomic E-state index is -3.80. The number of methoxy groups -OCH3 is 1. The van der Waals surface area contributed by atoms with Crippen molar-refractivity contribution < 1.29 is 22.7 Å². The second-order valence-electron chi connectivity index (χ2n) is 5.88. The van der Waals surface area contributed by atoms with E-state index in [4.69, 9.17) is 0 Å². The molecule has 1 aromatic heterocycles. The minimum absolute atomic E-state index is 0.0588. The molecule has 26 heavy (non-hydrogen) atoms. The van der Waals surface area contributed by atoms with E-state index in [1.54, 1.807) is 12.1 Å². The standard InChI is InChI=1S/C15H18N4O5S2/c1-24-13(20)8-16-15(21)10-4-3-7-19(9-10)26(22,23)12-6-2-5-11-14(12)18-25-17-11/h2,5-6,10H,3-4,7-9H2,1H3,(H,16,21). The third-order valence-electron chi connectivity index (χ3n) is 4.26. The summed E-state index contributed by atoms with van der Waals surface area (Å²) in [7, 11) is -2.56. The first kappa shape index (κ1) is 18.7. The number of piperidine rings is 1. The Labute approximate surface area is 154 Å². The van der Waals surface area contributed by atoms with Crippen LogP contribution in [0.25, 0.3) is 11.0 Å². The smallest absolute Gasteiger partial charge is 0.325 e. The number of ether oxygens (including phenoxy) is 1. The summed E-state index contributed by atoms with van der Waals surface area (Å²) in [4.78, 5) is 23.5. The summed E-state index contributed by atoms with van der Waals surface area (Å²) in [6.07, 6.45) is 1.11. The number of sulfonamides is 1. The number of esters is 1. The lowest BCUT2D eigenvalue weighted by Crippen LogP contribution is -2.46. The summed E-state index contributed by atoms with van der Waals surface area (Å²) in [5.74, 6) is -1.43. The number of fused-ring (bicyclic) bond motifs is 1. The highest BCUT2D eigenvalue weighted by Crippen LogP contribution is 2.28. The van der Waals surface area contributed by atoms with Gasteiger partial charge in [0.15, 0.2) is 0 Å². The van der Waals surface area contributed by atoms with Gasteiger partial charge in [-0.05, 0) is 25.0 Å². The minimum Gasteiger partial charge on any atom is -0.468 e. The topological polar surface area (TPSA) is 119 Å². The van der Waals surface area contributed by atoms with Crippen LogP contribution in [0.4, 0.5) is 0 Å². The molecule has 1 aromatic carbocycles. The molecule has 0 radical (unpaired) electrons. The average molecular weight is 398 g/mol. The Morgan fingerprint density at radius 3 is 2.96 bits per heavy atom. The van der Waals surface area contributed by atoms with E-state index in [9.17, 15) is 18.0 Å². The van der Waals surface area contributed by atoms with Crippen molar-refractivity contribution in [3.05, 3.63) is 18.2 Å². The molecule has 0 spiro atoms. The molecule has 140 valence electrons. The Balaban J connectivity index is 1.77. The molecule has 11 heteroatoms. The van der Waals surface area contributed by atoms with Crippen LogP contribution >= 0.6 is 11.7 Å². The summed E-state index contributed by atoms with van der Waals surface area (Å²) in [6, 6.07) is 4.83. The van der Waals surface area contributed by atoms with Gasteiger partial charge in [0.25, 0.3) is 0 Å². The van der Waals surface area contributed by atoms with E-state index in [1.165, 1.54) is 17.5 Å². The van der Waals surface area contributed by atoms with Crippen molar-refractivity contribution in [3.63, 3.8) is 0 Å². The lowest BCUT2D eigenvalue weighted by Gasteiger charge is -2.31. The number of carbonyl (C=O) groups is 2. The van der Waals surface area contributed by atoms with Gasteiger partial charge in [0.2, 0.25) is 15.9 Å². The van der Waals surface area contributed by atoms with E-state index >= 15 is 0 Å². The maximum absolute atomic E-state index is 13.0. The Morgan fingerprint density at radius 1 is 1.38 bits per heavy atom. The largest absolute Gasteiger partial charge is 0.468 e. The molecule has 1 N–H and O–H groups in total. The number of nitrogens with zero attached hydrogens (tertiary/aromatic N) is 3. The first-order chi connectivity index (χ1) is 12.4. The number of rotatable bonds is 5. The first-order valence-corrected chi connectivity index (χ1v) is 10.2. The third-order valence-corrected chi connectivity index (χ3v) is 6.70. The molecule has 0 aliphatic carbocycles. The molecular formula is C15H18N4O5S2. The van der Waals surface area contributed by atoms with E-state index in [0.29, 0.717) is 30.4 Å². The molecule has 0 bridgehead atoms. The number of carbonyl (C=O) groups excluding carboxylic acids is 2. The van der Waals surface area contributed by atoms with Gasteiger partial charge in [0.1, 0.15) is 22.5 Å². The highest BCUT2D eigenvalue weighted by atomic mass is 32.2. The second-order valence-corrected chi connectivity index (χ2v) is 8.32. The molecule has 2 aromatic rings. The Bertz CT molecular complexity index is 927. The van der Waals surface area contributed by atoms with Gasteiger partial charge in [-0.2, -0.15) is 13.1 Å². The molecule has 2 heterocycles. The van der Waals surface area contributed by atoms with Crippen LogP contribution in [0.3, 0.4) is 0 Å². The summed E-state index contributed by atoms with van der Waals surface area (Å²) >= 11 is 0.956. The molecule has 1 fully saturated rings. The monoisotopic (exact) mass is 398 g/mol. The van der Waals surface area contributed by atoms with Crippen molar-refractivity contribution in [3.8, 4) is 0 Å². The zero-order chi connectivity index (χ0) is 18.7. The number of hydrogen-bond acceptors (Lipinski definition) is 8. The molecule has 1 amide bonds. The molecule has 3 rings (SSSR count). The van der Waals surface area contributed by atoms with Gasteiger partial charge in [-0.15, -0.1) is 0 Å². The zero-order valence-electron chi connectivity index (χ0n) is 14.0. The zero-order valence-corrected chi connectivity index (χ0v) is 15.7. The summed E-state index contributed by atoms with van der Waals surface area (Å²) in [6.45, 7) is 0.156. The molecule has 1 atom stereocenters. The van der Waals surface area contributed by atoms with Gasteiger partial charge < -0.3 is 10.1 Å². The van der Waals surface area contributed by atoms with Crippen molar-refractivity contribution in [1.82, 2.24) is 18.4 Å². The van der Waals surface area contributed by atoms with Crippen molar-refractivity contribution >= 4 is 44.7 Å². The normalized spacial score (nSPS) is 18.6. The maximum atomic E-state index is 13.0. The molecule has 0 saturated carbocycles. The second kappa shape index (κ2) is 7.64. The van der Waals surface area contributed by atoms with Crippen molar-refractivity contribution in [2.24, 2.45) is 5.92 Å². The van der Waals surface area contributed by atoms with Crippen molar-refractivity contribution in [2.45, 2.75) is 17.7 Å². The van der Waals surface area contributed by atoms with Crippen molar-refractivity contribution in [1.29, 1.82) is 0 Å². The maximum Gasteiger partial charge on any atom is 0.325 e. The fraction of sp³-hybridized carbons (Fsp3) is 0.467. The summed E-state index contributed by atoms with van der Waals surface area (Å²) < 4.78 is 40.0. The van der Waals surface area contributed by atoms with E-state index in [1.807, 2.05) is 0 Å². The van der Waals surface area contributed by atoms with Crippen molar-refractivity contribution in [2.75, 3.05) is 26.7 Å². The fourth-order valence-corrected chi connectivity index (χ4v) is 5.16. The van der Waals surface area contributed by atoms with Crippen LogP contribution in [0.5, 0.6) is 0 Å². The Kier molecular flexibility index (Phi) is 5.49. The fourth-order valence-electron chi connectivity index (χ4n) is 2.88. The highest BCUT2D eigenvalue weighted by molar-refractivity contribution is 7.89. The number of aromatic nitrogens is 2. The van der Waals surface area contributed by atoms with Gasteiger partial charge in [0.05, 0.1) is 24.8 Å². The lowest BCUT2D eigenvalue weighted by atomic mass is 9.99. The van der Waals surface area contributed by atoms with Gasteiger partial charge in [-0.3, -0.25) is 9.59 Å². The summed E-state index contributed by atoms with van der Waals surface area (Å²) in [5, 5.41) is 2.48. The molecule has 1 aliphatic heterocycles. The number of hydrogen-bond donors (Lipinski definition) is 1. The highest BCUT2D eigenvalue weighted by Gasteiger charge is 2.34. The lowest BCUT2D eigenvalue weighted by molar-refractivity contribution is -0.141. The molecular weight excluding hydrogens is 380 g/mol. The van der Waals surface area contributed by atoms with E-state index < -0.39 is 21.9 Å². The SMILES string of the molecule is COC(=O)CNC(=O)C1CCCN(S(=O)(=O)c2cccc3nsnc23)C1. The number of amides is 1. The first-order valence-electron chi connectivity index (χ1n) is 7.99. The number of benzene rings is 1. The van der Waals surface area contributed by atoms with E-state index in [2.05, 4.69) is 18.8 Å². The van der Waals surface area contributed by atoms with Crippen LogP contribution < -0.4 is 5.32 Å². The molecule has 1 aliphatic rings. The predicted octanol–water partition coefficient (Wildman–Crippen LogP) is 0.381. The van der Waals surface area contributed by atoms with Crippen LogP contribution in [0, 0.1) is 5.92 Å². The van der Waals surface area contributed by atoms with Crippen LogP contribution in [-0.2, 0) is 24.3 Å². The van der Waals surface area contributed by atoms with Crippen LogP contribution in [0.1, 0.15) is 12.8 Å². The molecule has 1 unspecified atom stereocenters. The molecule has 9 nitrogen and oxygen atoms in total. The third kappa shape index (κ3) is 3.69. The van der Waals surface area contributed by atoms with Crippen LogP contribution in [0.2, 0.25) is 0 Å². The Morgan fingerprint density at radius 2 is 2.19 bits per heavy atom. The predicted molar refractivity (Wildman–Crippen MR) is 93.9 cm³/mol. The van der Waals surface area contributed by atoms with Gasteiger partial charge in [0, 0.05) is 13.1 Å². The quantitative estimate of drug-likeness (QED) is 0.723. The number of nitrogens with one attached hydrogen (secondary N) is 1. The average Bonchev–Trinajstić information content (AvgIpc) is 3.14. The van der Waals surface area contributed by atoms with E-state index in [-0.39, 0.29) is 23.9 Å². The van der Waals surface area contributed by atoms with Crippen LogP contribution in [-0.4, -0.2) is 60.1 Å².